The number of hydrogen-bond donors (Lipinski definition) is 0. The molecule has 0 unspecified atom stereocenters. The molecule has 4 aliphatic carbocycles. The smallest absolute Gasteiger partial charge is 0.0541 e. The van der Waals surface area contributed by atoms with E-state index in [1.807, 2.05) is 0 Å². The first-order valence-corrected chi connectivity index (χ1v) is 14.6. The number of nitrogens with zero attached hydrogens (tertiary/aromatic N) is 1. The molecule has 4 aromatic carbocycles. The molecule has 0 aliphatic heterocycles. The van der Waals surface area contributed by atoms with Crippen molar-refractivity contribution >= 4 is 44.4 Å². The molecule has 0 atom stereocenters. The van der Waals surface area contributed by atoms with Crippen molar-refractivity contribution in [1.82, 2.24) is 4.57 Å². The molecule has 1 heterocycles. The number of rotatable bonds is 3. The predicted molar refractivity (Wildman–Crippen MR) is 158 cm³/mol. The lowest BCUT2D eigenvalue weighted by atomic mass is 9.42. The molecule has 4 bridgehead atoms. The van der Waals surface area contributed by atoms with Crippen molar-refractivity contribution in [3.8, 4) is 5.69 Å². The molecule has 4 fully saturated rings. The third-order valence-corrected chi connectivity index (χ3v) is 10.7. The van der Waals surface area contributed by atoms with Gasteiger partial charge in [0.05, 0.1) is 11.0 Å². The summed E-state index contributed by atoms with van der Waals surface area (Å²) in [5.74, 6) is 3.46. The molecule has 0 saturated heterocycles. The van der Waals surface area contributed by atoms with E-state index in [0.29, 0.717) is 0 Å². The van der Waals surface area contributed by atoms with Gasteiger partial charge < -0.3 is 4.57 Å². The van der Waals surface area contributed by atoms with E-state index in [2.05, 4.69) is 124 Å². The zero-order valence-electron chi connectivity index (χ0n) is 20.4. The highest BCUT2D eigenvalue weighted by molar-refractivity contribution is 14.1. The molecule has 2 heteroatoms. The largest absolute Gasteiger partial charge is 0.309 e. The maximum absolute atomic E-state index is 2.49. The predicted octanol–water partition coefficient (Wildman–Crippen LogP) is 9.13. The highest BCUT2D eigenvalue weighted by atomic mass is 127. The van der Waals surface area contributed by atoms with E-state index >= 15 is 0 Å². The second-order valence-electron chi connectivity index (χ2n) is 11.6. The Labute approximate surface area is 226 Å². The summed E-state index contributed by atoms with van der Waals surface area (Å²) >= 11 is 2.45. The second-order valence-corrected chi connectivity index (χ2v) is 12.8. The fourth-order valence-electron chi connectivity index (χ4n) is 8.85. The van der Waals surface area contributed by atoms with E-state index < -0.39 is 0 Å². The highest BCUT2D eigenvalue weighted by Crippen LogP contribution is 2.65. The molecular formula is C34H30IN. The topological polar surface area (TPSA) is 4.93 Å². The van der Waals surface area contributed by atoms with Gasteiger partial charge in [-0.2, -0.15) is 0 Å². The molecule has 0 spiro atoms. The van der Waals surface area contributed by atoms with Gasteiger partial charge in [0.2, 0.25) is 0 Å². The van der Waals surface area contributed by atoms with E-state index in [9.17, 15) is 0 Å². The lowest BCUT2D eigenvalue weighted by molar-refractivity contribution is -0.0418. The van der Waals surface area contributed by atoms with Gasteiger partial charge in [0.15, 0.2) is 0 Å². The lowest BCUT2D eigenvalue weighted by Crippen LogP contribution is -2.56. The first kappa shape index (κ1) is 21.5. The molecule has 5 aromatic rings. The van der Waals surface area contributed by atoms with E-state index in [4.69, 9.17) is 0 Å². The Morgan fingerprint density at radius 1 is 0.556 bits per heavy atom. The van der Waals surface area contributed by atoms with Crippen LogP contribution in [0.25, 0.3) is 27.5 Å². The van der Waals surface area contributed by atoms with Crippen molar-refractivity contribution in [2.24, 2.45) is 23.7 Å². The summed E-state index contributed by atoms with van der Waals surface area (Å²) in [5, 5.41) is 2.65. The van der Waals surface area contributed by atoms with Crippen molar-refractivity contribution in [3.63, 3.8) is 0 Å². The van der Waals surface area contributed by atoms with Gasteiger partial charge in [-0.25, -0.2) is 0 Å². The van der Waals surface area contributed by atoms with Crippen molar-refractivity contribution in [2.75, 3.05) is 0 Å². The quantitative estimate of drug-likeness (QED) is 0.188. The Balaban J connectivity index is 1.31. The Hall–Kier alpha value is -2.59. The standard InChI is InChI=1S/C34H30IN/c35-28-13-9-24(10-14-28)34(26-18-22-17-23(20-26)21-27(34)19-22)25-11-15-29(16-12-25)36-32-7-3-1-5-30(32)31-6-2-4-8-33(31)36/h1-16,22-23,26-27H,17-21H2. The Morgan fingerprint density at radius 2 is 1.03 bits per heavy atom. The van der Waals surface area contributed by atoms with Crippen LogP contribution in [0.5, 0.6) is 0 Å². The molecule has 1 nitrogen and oxygen atoms in total. The highest BCUT2D eigenvalue weighted by Gasteiger charge is 2.58. The third-order valence-electron chi connectivity index (χ3n) is 9.93. The van der Waals surface area contributed by atoms with Crippen molar-refractivity contribution in [1.29, 1.82) is 0 Å². The van der Waals surface area contributed by atoms with Crippen molar-refractivity contribution in [3.05, 3.63) is 112 Å². The molecule has 36 heavy (non-hydrogen) atoms. The fraction of sp³-hybridized carbons (Fsp3) is 0.294. The van der Waals surface area contributed by atoms with Crippen LogP contribution >= 0.6 is 22.6 Å². The maximum atomic E-state index is 2.49. The average molecular weight is 580 g/mol. The van der Waals surface area contributed by atoms with Gasteiger partial charge >= 0.3 is 0 Å². The van der Waals surface area contributed by atoms with Gasteiger partial charge in [-0.1, -0.05) is 60.7 Å². The van der Waals surface area contributed by atoms with Crippen LogP contribution in [0.2, 0.25) is 0 Å². The fourth-order valence-corrected chi connectivity index (χ4v) is 9.21. The SMILES string of the molecule is Ic1ccc(C2(c3ccc(-n4c5ccccc5c5ccccc54)cc3)C3CC4CC(C3)CC2C4)cc1. The van der Waals surface area contributed by atoms with E-state index in [0.717, 1.165) is 23.7 Å². The molecular weight excluding hydrogens is 549 g/mol. The summed E-state index contributed by atoms with van der Waals surface area (Å²) in [7, 11) is 0. The first-order chi connectivity index (χ1) is 17.7. The van der Waals surface area contributed by atoms with Gasteiger partial charge in [-0.05, 0) is 126 Å². The average Bonchev–Trinajstić information content (AvgIpc) is 3.24. The third kappa shape index (κ3) is 2.94. The number of halogens is 1. The number of fused-ring (bicyclic) bond motifs is 3. The van der Waals surface area contributed by atoms with Crippen LogP contribution in [-0.2, 0) is 5.41 Å². The molecule has 4 saturated carbocycles. The second kappa shape index (κ2) is 7.95. The van der Waals surface area contributed by atoms with Crippen LogP contribution in [-0.4, -0.2) is 4.57 Å². The van der Waals surface area contributed by atoms with Gasteiger partial charge in [0.1, 0.15) is 0 Å². The Bertz CT molecular complexity index is 1510. The Kier molecular flexibility index (Phi) is 4.75. The van der Waals surface area contributed by atoms with Crippen molar-refractivity contribution in [2.45, 2.75) is 37.5 Å². The van der Waals surface area contributed by atoms with E-state index in [-0.39, 0.29) is 5.41 Å². The maximum Gasteiger partial charge on any atom is 0.0541 e. The van der Waals surface area contributed by atoms with Gasteiger partial charge in [0.25, 0.3) is 0 Å². The summed E-state index contributed by atoms with van der Waals surface area (Å²) in [6, 6.07) is 37.0. The molecule has 1 aromatic heterocycles. The lowest BCUT2D eigenvalue weighted by Gasteiger charge is -2.62. The number of hydrogen-bond acceptors (Lipinski definition) is 0. The first-order valence-electron chi connectivity index (χ1n) is 13.6. The van der Waals surface area contributed by atoms with Crippen LogP contribution in [0, 0.1) is 27.2 Å². The summed E-state index contributed by atoms with van der Waals surface area (Å²) in [4.78, 5) is 0. The van der Waals surface area contributed by atoms with Crippen LogP contribution in [0.3, 0.4) is 0 Å². The van der Waals surface area contributed by atoms with Gasteiger partial charge in [0, 0.05) is 25.4 Å². The molecule has 178 valence electrons. The van der Waals surface area contributed by atoms with Gasteiger partial charge in [-0.3, -0.25) is 0 Å². The molecule has 0 amide bonds. The number of benzene rings is 4. The van der Waals surface area contributed by atoms with Crippen LogP contribution in [0.1, 0.15) is 43.2 Å². The zero-order valence-corrected chi connectivity index (χ0v) is 22.6. The van der Waals surface area contributed by atoms with E-state index in [1.54, 1.807) is 11.1 Å². The van der Waals surface area contributed by atoms with Crippen LogP contribution < -0.4 is 0 Å². The van der Waals surface area contributed by atoms with Gasteiger partial charge in [-0.15, -0.1) is 0 Å². The molecule has 9 rings (SSSR count). The summed E-state index contributed by atoms with van der Waals surface area (Å²) in [6.07, 6.45) is 7.13. The summed E-state index contributed by atoms with van der Waals surface area (Å²) in [6.45, 7) is 0. The summed E-state index contributed by atoms with van der Waals surface area (Å²) < 4.78 is 3.78. The molecule has 4 aliphatic rings. The van der Waals surface area contributed by atoms with Crippen molar-refractivity contribution < 1.29 is 0 Å². The molecule has 0 N–H and O–H groups in total. The summed E-state index contributed by atoms with van der Waals surface area (Å²) in [5.41, 5.74) is 7.10. The molecule has 0 radical (unpaired) electrons. The number of para-hydroxylation sites is 2. The normalized spacial score (nSPS) is 28.8. The van der Waals surface area contributed by atoms with Crippen LogP contribution in [0.4, 0.5) is 0 Å². The zero-order chi connectivity index (χ0) is 23.9. The monoisotopic (exact) mass is 579 g/mol. The van der Waals surface area contributed by atoms with E-state index in [1.165, 1.54) is 63.2 Å². The Morgan fingerprint density at radius 3 is 1.56 bits per heavy atom. The minimum Gasteiger partial charge on any atom is -0.309 e. The van der Waals surface area contributed by atoms with Crippen LogP contribution in [0.15, 0.2) is 97.1 Å². The minimum absolute atomic E-state index is 0.164. The number of aromatic nitrogens is 1. The minimum atomic E-state index is 0.164.